The predicted molar refractivity (Wildman–Crippen MR) is 37.0 cm³/mol. The number of hydrogen-bond acceptors (Lipinski definition) is 5. The lowest BCUT2D eigenvalue weighted by Crippen LogP contribution is -2.39. The summed E-state index contributed by atoms with van der Waals surface area (Å²) in [6, 6.07) is 0. The molecule has 1 saturated heterocycles. The highest BCUT2D eigenvalue weighted by Crippen LogP contribution is 2.20. The zero-order valence-electron chi connectivity index (χ0n) is 6.25. The van der Waals surface area contributed by atoms with Gasteiger partial charge in [-0.2, -0.15) is 0 Å². The van der Waals surface area contributed by atoms with Crippen LogP contribution >= 0.6 is 0 Å². The highest BCUT2D eigenvalue weighted by molar-refractivity contribution is 5.80. The second kappa shape index (κ2) is 3.36. The van der Waals surface area contributed by atoms with E-state index in [-0.39, 0.29) is 0 Å². The van der Waals surface area contributed by atoms with E-state index in [0.29, 0.717) is 0 Å². The molecule has 0 radical (unpaired) electrons. The summed E-state index contributed by atoms with van der Waals surface area (Å²) in [6.07, 6.45) is -4.76. The molecule has 5 N–H and O–H groups in total. The van der Waals surface area contributed by atoms with Crippen molar-refractivity contribution in [3.63, 3.8) is 0 Å². The van der Waals surface area contributed by atoms with Crippen molar-refractivity contribution in [2.24, 2.45) is 5.73 Å². The topological polar surface area (TPSA) is 113 Å². The van der Waals surface area contributed by atoms with E-state index in [1.807, 2.05) is 0 Å². The maximum Gasteiger partial charge on any atom is 0.249 e. The molecule has 1 heterocycles. The van der Waals surface area contributed by atoms with E-state index in [2.05, 4.69) is 0 Å². The van der Waals surface area contributed by atoms with Crippen LogP contribution in [0.2, 0.25) is 0 Å². The smallest absolute Gasteiger partial charge is 0.249 e. The van der Waals surface area contributed by atoms with Crippen molar-refractivity contribution in [2.75, 3.05) is 6.61 Å². The highest BCUT2D eigenvalue weighted by Gasteiger charge is 2.44. The molecule has 0 aliphatic carbocycles. The first kappa shape index (κ1) is 9.40. The van der Waals surface area contributed by atoms with Crippen molar-refractivity contribution in [3.8, 4) is 0 Å². The fourth-order valence-electron chi connectivity index (χ4n) is 1.13. The van der Waals surface area contributed by atoms with Gasteiger partial charge in [-0.05, 0) is 0 Å². The lowest BCUT2D eigenvalue weighted by molar-refractivity contribution is -0.133. The van der Waals surface area contributed by atoms with Crippen LogP contribution in [0.3, 0.4) is 0 Å². The zero-order valence-corrected chi connectivity index (χ0v) is 6.25. The van der Waals surface area contributed by atoms with E-state index in [0.717, 1.165) is 0 Å². The largest absolute Gasteiger partial charge is 0.394 e. The van der Waals surface area contributed by atoms with Crippen LogP contribution < -0.4 is 5.73 Å². The quantitative estimate of drug-likeness (QED) is 0.358. The Labute approximate surface area is 68.6 Å². The molecule has 70 valence electrons. The van der Waals surface area contributed by atoms with Gasteiger partial charge in [-0.3, -0.25) is 4.79 Å². The third-order valence-corrected chi connectivity index (χ3v) is 1.82. The van der Waals surface area contributed by atoms with Gasteiger partial charge in [0.15, 0.2) is 6.10 Å². The first-order valence-electron chi connectivity index (χ1n) is 3.49. The average molecular weight is 177 g/mol. The molecule has 6 heteroatoms. The van der Waals surface area contributed by atoms with Gasteiger partial charge in [-0.25, -0.2) is 0 Å². The van der Waals surface area contributed by atoms with Crippen molar-refractivity contribution in [2.45, 2.75) is 24.4 Å². The maximum absolute atomic E-state index is 10.6. The molecule has 1 aliphatic heterocycles. The van der Waals surface area contributed by atoms with Crippen LogP contribution in [0.4, 0.5) is 0 Å². The summed E-state index contributed by atoms with van der Waals surface area (Å²) in [5, 5.41) is 26.9. The lowest BCUT2D eigenvalue weighted by Gasteiger charge is -2.10. The number of hydrogen-bond donors (Lipinski definition) is 4. The van der Waals surface area contributed by atoms with Gasteiger partial charge in [-0.15, -0.1) is 0 Å². The second-order valence-electron chi connectivity index (χ2n) is 2.66. The van der Waals surface area contributed by atoms with Gasteiger partial charge in [-0.1, -0.05) is 0 Å². The lowest BCUT2D eigenvalue weighted by atomic mass is 10.1. The Balaban J connectivity index is 2.66. The Morgan fingerprint density at radius 1 is 1.42 bits per heavy atom. The van der Waals surface area contributed by atoms with Crippen molar-refractivity contribution in [1.82, 2.24) is 0 Å². The molecule has 4 atom stereocenters. The molecule has 1 fully saturated rings. The van der Waals surface area contributed by atoms with Crippen molar-refractivity contribution in [3.05, 3.63) is 0 Å². The summed E-state index contributed by atoms with van der Waals surface area (Å²) in [4.78, 5) is 10.6. The summed E-state index contributed by atoms with van der Waals surface area (Å²) in [7, 11) is 0. The van der Waals surface area contributed by atoms with Gasteiger partial charge in [0.2, 0.25) is 5.91 Å². The number of ether oxygens (including phenoxy) is 1. The Kier molecular flexibility index (Phi) is 2.63. The molecular formula is C6H11NO5. The Bertz CT molecular complexity index is 185. The number of nitrogens with two attached hydrogens (primary N) is 1. The summed E-state index contributed by atoms with van der Waals surface area (Å²) in [5.41, 5.74) is 4.85. The summed E-state index contributed by atoms with van der Waals surface area (Å²) in [6.45, 7) is -0.456. The van der Waals surface area contributed by atoms with Crippen molar-refractivity contribution >= 4 is 5.91 Å². The van der Waals surface area contributed by atoms with Crippen molar-refractivity contribution in [1.29, 1.82) is 0 Å². The van der Waals surface area contributed by atoms with Gasteiger partial charge in [0, 0.05) is 0 Å². The standard InChI is InChI=1S/C6H11NO5/c7-6(11)5-4(10)3(9)2(1-8)12-5/h2-5,8-10H,1H2,(H2,7,11)/t2-,3-,4-,5+/m1/s1. The highest BCUT2D eigenvalue weighted by atomic mass is 16.6. The van der Waals surface area contributed by atoms with Crippen LogP contribution in [0.15, 0.2) is 0 Å². The summed E-state index contributed by atoms with van der Waals surface area (Å²) >= 11 is 0. The van der Waals surface area contributed by atoms with Gasteiger partial charge in [0.25, 0.3) is 0 Å². The van der Waals surface area contributed by atoms with Crippen LogP contribution in [-0.2, 0) is 9.53 Å². The van der Waals surface area contributed by atoms with Crippen molar-refractivity contribution < 1.29 is 24.9 Å². The van der Waals surface area contributed by atoms with E-state index in [1.54, 1.807) is 0 Å². The van der Waals surface area contributed by atoms with E-state index < -0.39 is 36.9 Å². The van der Waals surface area contributed by atoms with Gasteiger partial charge in [0.05, 0.1) is 6.61 Å². The zero-order chi connectivity index (χ0) is 9.30. The number of carbonyl (C=O) groups excluding carboxylic acids is 1. The maximum atomic E-state index is 10.6. The minimum absolute atomic E-state index is 0.456. The van der Waals surface area contributed by atoms with Crippen LogP contribution in [0, 0.1) is 0 Å². The van der Waals surface area contributed by atoms with E-state index >= 15 is 0 Å². The number of amides is 1. The molecule has 0 bridgehead atoms. The number of carbonyl (C=O) groups is 1. The summed E-state index contributed by atoms with van der Waals surface area (Å²) in [5.74, 6) is -0.850. The third kappa shape index (κ3) is 1.42. The molecule has 6 nitrogen and oxygen atoms in total. The molecule has 0 aromatic carbocycles. The molecule has 12 heavy (non-hydrogen) atoms. The van der Waals surface area contributed by atoms with E-state index in [1.165, 1.54) is 0 Å². The number of aliphatic hydroxyl groups excluding tert-OH is 3. The van der Waals surface area contributed by atoms with Crippen LogP contribution in [-0.4, -0.2) is 52.2 Å². The van der Waals surface area contributed by atoms with E-state index in [4.69, 9.17) is 25.8 Å². The van der Waals surface area contributed by atoms with Gasteiger partial charge >= 0.3 is 0 Å². The van der Waals surface area contributed by atoms with E-state index in [9.17, 15) is 4.79 Å². The predicted octanol–water partition coefficient (Wildman–Crippen LogP) is -3.05. The molecule has 0 saturated carbocycles. The first-order valence-corrected chi connectivity index (χ1v) is 3.49. The minimum Gasteiger partial charge on any atom is -0.394 e. The van der Waals surface area contributed by atoms with Crippen LogP contribution in [0.1, 0.15) is 0 Å². The SMILES string of the molecule is NC(=O)[C@H]1O[C@H](CO)[C@@H](O)[C@H]1O. The fourth-order valence-corrected chi connectivity index (χ4v) is 1.13. The fraction of sp³-hybridized carbons (Fsp3) is 0.833. The molecular weight excluding hydrogens is 166 g/mol. The molecule has 0 spiro atoms. The minimum atomic E-state index is -1.35. The molecule has 1 aliphatic rings. The van der Waals surface area contributed by atoms with Crippen LogP contribution in [0.25, 0.3) is 0 Å². The Morgan fingerprint density at radius 2 is 2.00 bits per heavy atom. The van der Waals surface area contributed by atoms with Gasteiger partial charge < -0.3 is 25.8 Å². The number of primary amides is 1. The average Bonchev–Trinajstić information content (AvgIpc) is 2.30. The molecule has 0 aromatic heterocycles. The second-order valence-corrected chi connectivity index (χ2v) is 2.66. The van der Waals surface area contributed by atoms with Crippen LogP contribution in [0.5, 0.6) is 0 Å². The Morgan fingerprint density at radius 3 is 2.25 bits per heavy atom. The third-order valence-electron chi connectivity index (χ3n) is 1.82. The number of rotatable bonds is 2. The van der Waals surface area contributed by atoms with Gasteiger partial charge in [0.1, 0.15) is 18.3 Å². The molecule has 0 unspecified atom stereocenters. The normalized spacial score (nSPS) is 41.6. The Hall–Kier alpha value is -0.690. The summed E-state index contributed by atoms with van der Waals surface area (Å²) < 4.78 is 4.77. The number of aliphatic hydroxyl groups is 3. The first-order chi connectivity index (χ1) is 5.57. The monoisotopic (exact) mass is 177 g/mol. The molecule has 0 aromatic rings. The molecule has 1 rings (SSSR count). The molecule has 1 amide bonds.